The van der Waals surface area contributed by atoms with E-state index in [0.29, 0.717) is 11.1 Å². The molecule has 1 atom stereocenters. The molecule has 1 unspecified atom stereocenters. The highest BCUT2D eigenvalue weighted by Crippen LogP contribution is 2.29. The number of hydrogen-bond donors (Lipinski definition) is 0. The number of alkyl halides is 3. The second kappa shape index (κ2) is 7.22. The van der Waals surface area contributed by atoms with Crippen molar-refractivity contribution in [1.82, 2.24) is 15.0 Å². The molecule has 3 aromatic rings. The summed E-state index contributed by atoms with van der Waals surface area (Å²) in [6.45, 7) is 1.92. The van der Waals surface area contributed by atoms with Crippen molar-refractivity contribution >= 4 is 5.91 Å². The fourth-order valence-electron chi connectivity index (χ4n) is 2.55. The number of carbonyl (C=O) groups is 1. The molecule has 0 bridgehead atoms. The van der Waals surface area contributed by atoms with Gasteiger partial charge in [-0.25, -0.2) is 0 Å². The lowest BCUT2D eigenvalue weighted by Crippen LogP contribution is -2.29. The predicted octanol–water partition coefficient (Wildman–Crippen LogP) is 4.59. The van der Waals surface area contributed by atoms with Crippen molar-refractivity contribution < 1.29 is 22.5 Å². The van der Waals surface area contributed by atoms with Gasteiger partial charge in [0.05, 0.1) is 6.04 Å². The molecule has 0 spiro atoms. The van der Waals surface area contributed by atoms with Crippen LogP contribution in [-0.2, 0) is 6.18 Å². The first-order valence-electron chi connectivity index (χ1n) is 8.11. The van der Waals surface area contributed by atoms with Gasteiger partial charge in [0.2, 0.25) is 5.82 Å². The number of hydrogen-bond acceptors (Lipinski definition) is 4. The molecule has 0 saturated carbocycles. The first-order chi connectivity index (χ1) is 12.8. The Morgan fingerprint density at radius 1 is 1.07 bits per heavy atom. The Labute approximate surface area is 153 Å². The first kappa shape index (κ1) is 18.6. The van der Waals surface area contributed by atoms with Crippen LogP contribution < -0.4 is 0 Å². The van der Waals surface area contributed by atoms with E-state index < -0.39 is 12.1 Å². The maximum absolute atomic E-state index is 12.7. The molecule has 0 saturated heterocycles. The zero-order valence-corrected chi connectivity index (χ0v) is 14.6. The van der Waals surface area contributed by atoms with Crippen LogP contribution in [0.3, 0.4) is 0 Å². The van der Waals surface area contributed by atoms with Gasteiger partial charge < -0.3 is 9.42 Å². The number of carbonyl (C=O) groups excluding carboxylic acids is 1. The minimum atomic E-state index is -4.70. The first-order valence-corrected chi connectivity index (χ1v) is 8.11. The molecule has 5 nitrogen and oxygen atoms in total. The van der Waals surface area contributed by atoms with E-state index in [1.54, 1.807) is 11.9 Å². The van der Waals surface area contributed by atoms with Gasteiger partial charge in [-0.2, -0.15) is 18.2 Å². The summed E-state index contributed by atoms with van der Waals surface area (Å²) in [6, 6.07) is 15.5. The van der Waals surface area contributed by atoms with Gasteiger partial charge in [-0.1, -0.05) is 47.6 Å². The van der Waals surface area contributed by atoms with Crippen molar-refractivity contribution in [3.8, 4) is 11.4 Å². The minimum Gasteiger partial charge on any atom is -0.335 e. The third-order valence-electron chi connectivity index (χ3n) is 4.24. The lowest BCUT2D eigenvalue weighted by molar-refractivity contribution is -0.159. The molecular weight excluding hydrogens is 359 g/mol. The van der Waals surface area contributed by atoms with Gasteiger partial charge in [0.25, 0.3) is 5.91 Å². The number of aromatic nitrogens is 2. The van der Waals surface area contributed by atoms with E-state index in [1.165, 1.54) is 24.3 Å². The highest BCUT2D eigenvalue weighted by molar-refractivity contribution is 5.94. The molecule has 0 radical (unpaired) electrons. The Morgan fingerprint density at radius 2 is 1.70 bits per heavy atom. The second-order valence-electron chi connectivity index (χ2n) is 6.00. The lowest BCUT2D eigenvalue weighted by Gasteiger charge is -2.25. The molecule has 0 aliphatic carbocycles. The number of amides is 1. The summed E-state index contributed by atoms with van der Waals surface area (Å²) in [4.78, 5) is 17.6. The van der Waals surface area contributed by atoms with Crippen LogP contribution >= 0.6 is 0 Å². The zero-order valence-electron chi connectivity index (χ0n) is 14.6. The van der Waals surface area contributed by atoms with Crippen LogP contribution in [0.2, 0.25) is 0 Å². The molecule has 0 N–H and O–H groups in total. The smallest absolute Gasteiger partial charge is 0.335 e. The van der Waals surface area contributed by atoms with Crippen molar-refractivity contribution in [2.75, 3.05) is 7.05 Å². The van der Waals surface area contributed by atoms with Gasteiger partial charge in [0.15, 0.2) is 0 Å². The fourth-order valence-corrected chi connectivity index (χ4v) is 2.55. The fraction of sp³-hybridized carbons (Fsp3) is 0.211. The number of halogens is 3. The van der Waals surface area contributed by atoms with Gasteiger partial charge in [0, 0.05) is 18.2 Å². The number of rotatable bonds is 4. The van der Waals surface area contributed by atoms with Crippen LogP contribution in [0.1, 0.15) is 34.8 Å². The molecular formula is C19H16F3N3O2. The van der Waals surface area contributed by atoms with Crippen LogP contribution in [0.15, 0.2) is 59.1 Å². The average molecular weight is 375 g/mol. The largest absolute Gasteiger partial charge is 0.471 e. The Morgan fingerprint density at radius 3 is 2.26 bits per heavy atom. The number of nitrogens with zero attached hydrogens (tertiary/aromatic N) is 3. The third-order valence-corrected chi connectivity index (χ3v) is 4.24. The SMILES string of the molecule is CC(c1ccccc1)N(C)C(=O)c1ccc(-c2noc(C(F)(F)F)n2)cc1. The molecule has 1 aromatic heterocycles. The predicted molar refractivity (Wildman–Crippen MR) is 91.7 cm³/mol. The Kier molecular flexibility index (Phi) is 4.98. The molecule has 27 heavy (non-hydrogen) atoms. The van der Waals surface area contributed by atoms with Gasteiger partial charge in [-0.05, 0) is 24.6 Å². The Bertz CT molecular complexity index is 921. The summed E-state index contributed by atoms with van der Waals surface area (Å²) in [7, 11) is 1.70. The van der Waals surface area contributed by atoms with Crippen molar-refractivity contribution in [1.29, 1.82) is 0 Å². The van der Waals surface area contributed by atoms with Crippen LogP contribution in [0.5, 0.6) is 0 Å². The molecule has 1 heterocycles. The topological polar surface area (TPSA) is 59.2 Å². The molecule has 140 valence electrons. The van der Waals surface area contributed by atoms with E-state index in [-0.39, 0.29) is 17.8 Å². The zero-order chi connectivity index (χ0) is 19.6. The monoisotopic (exact) mass is 375 g/mol. The van der Waals surface area contributed by atoms with Crippen molar-refractivity contribution in [3.05, 3.63) is 71.6 Å². The maximum atomic E-state index is 12.7. The standard InChI is InChI=1S/C19H16F3N3O2/c1-12(13-6-4-3-5-7-13)25(2)17(26)15-10-8-14(9-11-15)16-23-18(27-24-16)19(20,21)22/h3-12H,1-2H3. The quantitative estimate of drug-likeness (QED) is 0.669. The highest BCUT2D eigenvalue weighted by Gasteiger charge is 2.38. The summed E-state index contributed by atoms with van der Waals surface area (Å²) in [5, 5.41) is 3.33. The molecule has 8 heteroatoms. The van der Waals surface area contributed by atoms with E-state index >= 15 is 0 Å². The van der Waals surface area contributed by atoms with Gasteiger partial charge >= 0.3 is 12.1 Å². The van der Waals surface area contributed by atoms with E-state index in [0.717, 1.165) is 5.56 Å². The lowest BCUT2D eigenvalue weighted by atomic mass is 10.1. The molecule has 0 aliphatic rings. The van der Waals surface area contributed by atoms with E-state index in [2.05, 4.69) is 14.7 Å². The van der Waals surface area contributed by atoms with Crippen molar-refractivity contribution in [3.63, 3.8) is 0 Å². The summed E-state index contributed by atoms with van der Waals surface area (Å²) in [5.41, 5.74) is 1.73. The van der Waals surface area contributed by atoms with Gasteiger partial charge in [-0.3, -0.25) is 4.79 Å². The van der Waals surface area contributed by atoms with Crippen LogP contribution in [0.25, 0.3) is 11.4 Å². The second-order valence-corrected chi connectivity index (χ2v) is 6.00. The molecule has 1 amide bonds. The van der Waals surface area contributed by atoms with Crippen LogP contribution in [0.4, 0.5) is 13.2 Å². The molecule has 0 fully saturated rings. The minimum absolute atomic E-state index is 0.134. The highest BCUT2D eigenvalue weighted by atomic mass is 19.4. The van der Waals surface area contributed by atoms with E-state index in [4.69, 9.17) is 0 Å². The summed E-state index contributed by atoms with van der Waals surface area (Å²) >= 11 is 0. The molecule has 2 aromatic carbocycles. The number of benzene rings is 2. The van der Waals surface area contributed by atoms with Crippen LogP contribution in [0, 0.1) is 0 Å². The van der Waals surface area contributed by atoms with Crippen molar-refractivity contribution in [2.24, 2.45) is 0 Å². The summed E-state index contributed by atoms with van der Waals surface area (Å²) in [6.07, 6.45) is -4.70. The van der Waals surface area contributed by atoms with Crippen LogP contribution in [-0.4, -0.2) is 28.0 Å². The summed E-state index contributed by atoms with van der Waals surface area (Å²) < 4.78 is 41.9. The normalized spacial score (nSPS) is 12.6. The summed E-state index contributed by atoms with van der Waals surface area (Å²) in [5.74, 6) is -1.80. The van der Waals surface area contributed by atoms with Gasteiger partial charge in [0.1, 0.15) is 0 Å². The third kappa shape index (κ3) is 3.99. The van der Waals surface area contributed by atoms with Gasteiger partial charge in [-0.15, -0.1) is 0 Å². The molecule has 3 rings (SSSR count). The average Bonchev–Trinajstić information content (AvgIpc) is 3.18. The Balaban J connectivity index is 1.76. The van der Waals surface area contributed by atoms with E-state index in [1.807, 2.05) is 37.3 Å². The van der Waals surface area contributed by atoms with Crippen molar-refractivity contribution in [2.45, 2.75) is 19.1 Å². The Hall–Kier alpha value is -3.16. The molecule has 0 aliphatic heterocycles. The van der Waals surface area contributed by atoms with E-state index in [9.17, 15) is 18.0 Å². The maximum Gasteiger partial charge on any atom is 0.471 e.